The molecule has 0 amide bonds. The van der Waals surface area contributed by atoms with E-state index >= 15 is 0 Å². The van der Waals surface area contributed by atoms with Crippen LogP contribution in [0.25, 0.3) is 0 Å². The zero-order valence-electron chi connectivity index (χ0n) is 16.9. The van der Waals surface area contributed by atoms with Gasteiger partial charge in [-0.3, -0.25) is 4.79 Å². The minimum Gasteiger partial charge on any atom is -0.466 e. The van der Waals surface area contributed by atoms with E-state index in [2.05, 4.69) is 45.9 Å². The van der Waals surface area contributed by atoms with Gasteiger partial charge in [0.15, 0.2) is 0 Å². The minimum absolute atomic E-state index is 0.106. The molecule has 4 aromatic rings. The molecule has 0 N–H and O–H groups in total. The molecule has 4 nitrogen and oxygen atoms in total. The lowest BCUT2D eigenvalue weighted by molar-refractivity contribution is -0.142. The van der Waals surface area contributed by atoms with Crippen molar-refractivity contribution in [3.63, 3.8) is 0 Å². The van der Waals surface area contributed by atoms with E-state index in [0.29, 0.717) is 12.4 Å². The molecule has 30 heavy (non-hydrogen) atoms. The van der Waals surface area contributed by atoms with Crippen molar-refractivity contribution in [1.29, 1.82) is 0 Å². The highest BCUT2D eigenvalue weighted by Gasteiger charge is 2.39. The summed E-state index contributed by atoms with van der Waals surface area (Å²) in [4.78, 5) is 16.9. The van der Waals surface area contributed by atoms with Crippen molar-refractivity contribution < 1.29 is 9.53 Å². The molecule has 4 rings (SSSR count). The number of imidazole rings is 1. The molecule has 3 aromatic carbocycles. The Morgan fingerprint density at radius 3 is 1.73 bits per heavy atom. The van der Waals surface area contributed by atoms with Gasteiger partial charge < -0.3 is 9.30 Å². The molecule has 0 fully saturated rings. The normalized spacial score (nSPS) is 11.2. The van der Waals surface area contributed by atoms with Crippen LogP contribution in [0.15, 0.2) is 103 Å². The van der Waals surface area contributed by atoms with Crippen LogP contribution in [0.1, 0.15) is 29.4 Å². The van der Waals surface area contributed by atoms with Crippen LogP contribution in [0.3, 0.4) is 0 Å². The smallest absolute Gasteiger partial charge is 0.313 e. The molecule has 0 aliphatic heterocycles. The quantitative estimate of drug-likeness (QED) is 0.332. The maximum Gasteiger partial charge on any atom is 0.313 e. The molecular formula is C26H24N2O2. The molecule has 0 atom stereocenters. The minimum atomic E-state index is -0.678. The molecular weight excluding hydrogens is 372 g/mol. The highest BCUT2D eigenvalue weighted by molar-refractivity contribution is 5.71. The number of nitrogens with zero attached hydrogens (tertiary/aromatic N) is 2. The van der Waals surface area contributed by atoms with Gasteiger partial charge in [0, 0.05) is 12.4 Å². The summed E-state index contributed by atoms with van der Waals surface area (Å²) < 4.78 is 7.31. The number of carbonyl (C=O) groups excluding carboxylic acids is 1. The van der Waals surface area contributed by atoms with Crippen LogP contribution in [0.5, 0.6) is 0 Å². The van der Waals surface area contributed by atoms with E-state index in [4.69, 9.17) is 4.74 Å². The lowest BCUT2D eigenvalue weighted by Gasteiger charge is -2.38. The molecule has 0 saturated heterocycles. The SMILES string of the molecule is CCOC(=O)Cc1nccn1C(c1ccccc1)(c1ccccc1)c1ccccc1. The third-order valence-electron chi connectivity index (χ3n) is 5.26. The Morgan fingerprint density at radius 1 is 0.833 bits per heavy atom. The van der Waals surface area contributed by atoms with Gasteiger partial charge in [-0.15, -0.1) is 0 Å². The van der Waals surface area contributed by atoms with E-state index in [1.807, 2.05) is 67.7 Å². The fourth-order valence-electron chi connectivity index (χ4n) is 4.07. The Morgan fingerprint density at radius 2 is 1.30 bits per heavy atom. The summed E-state index contributed by atoms with van der Waals surface area (Å²) in [6.07, 6.45) is 3.80. The van der Waals surface area contributed by atoms with E-state index in [9.17, 15) is 4.79 Å². The molecule has 0 radical (unpaired) electrons. The third-order valence-corrected chi connectivity index (χ3v) is 5.26. The van der Waals surface area contributed by atoms with Gasteiger partial charge >= 0.3 is 5.97 Å². The van der Waals surface area contributed by atoms with Gasteiger partial charge in [-0.05, 0) is 23.6 Å². The van der Waals surface area contributed by atoms with Crippen LogP contribution in [0.2, 0.25) is 0 Å². The van der Waals surface area contributed by atoms with Gasteiger partial charge in [0.1, 0.15) is 17.8 Å². The second-order valence-electron chi connectivity index (χ2n) is 7.00. The fraction of sp³-hybridized carbons (Fsp3) is 0.154. The molecule has 150 valence electrons. The number of carbonyl (C=O) groups is 1. The zero-order chi connectivity index (χ0) is 20.8. The second kappa shape index (κ2) is 8.78. The average Bonchev–Trinajstić information content (AvgIpc) is 3.25. The predicted molar refractivity (Wildman–Crippen MR) is 117 cm³/mol. The van der Waals surface area contributed by atoms with Crippen LogP contribution in [0, 0.1) is 0 Å². The fourth-order valence-corrected chi connectivity index (χ4v) is 4.07. The van der Waals surface area contributed by atoms with E-state index in [-0.39, 0.29) is 12.4 Å². The van der Waals surface area contributed by atoms with Gasteiger partial charge in [-0.2, -0.15) is 0 Å². The van der Waals surface area contributed by atoms with Crippen LogP contribution in [0.4, 0.5) is 0 Å². The van der Waals surface area contributed by atoms with Crippen molar-refractivity contribution in [2.24, 2.45) is 0 Å². The summed E-state index contributed by atoms with van der Waals surface area (Å²) >= 11 is 0. The van der Waals surface area contributed by atoms with Gasteiger partial charge in [0.05, 0.1) is 6.61 Å². The van der Waals surface area contributed by atoms with Crippen molar-refractivity contribution in [3.8, 4) is 0 Å². The van der Waals surface area contributed by atoms with E-state index in [1.165, 1.54) is 0 Å². The first-order valence-electron chi connectivity index (χ1n) is 10.1. The average molecular weight is 396 g/mol. The largest absolute Gasteiger partial charge is 0.466 e. The molecule has 0 bridgehead atoms. The molecule has 0 aliphatic rings. The monoisotopic (exact) mass is 396 g/mol. The summed E-state index contributed by atoms with van der Waals surface area (Å²) in [5.41, 5.74) is 2.59. The lowest BCUT2D eigenvalue weighted by Crippen LogP contribution is -2.39. The predicted octanol–water partition coefficient (Wildman–Crippen LogP) is 4.83. The molecule has 0 saturated carbocycles. The molecule has 1 heterocycles. The Labute approximate surface area is 176 Å². The first-order valence-corrected chi connectivity index (χ1v) is 10.1. The van der Waals surface area contributed by atoms with Crippen LogP contribution in [-0.2, 0) is 21.5 Å². The highest BCUT2D eigenvalue weighted by atomic mass is 16.5. The molecule has 0 unspecified atom stereocenters. The maximum atomic E-state index is 12.3. The van der Waals surface area contributed by atoms with E-state index < -0.39 is 5.54 Å². The number of benzene rings is 3. The standard InChI is InChI=1S/C26H24N2O2/c1-2-30-25(29)20-24-27-18-19-28(24)26(21-12-6-3-7-13-21,22-14-8-4-9-15-22)23-16-10-5-11-17-23/h3-19H,2,20H2,1H3. The Kier molecular flexibility index (Phi) is 5.75. The summed E-state index contributed by atoms with van der Waals surface area (Å²) in [5.74, 6) is 0.373. The summed E-state index contributed by atoms with van der Waals surface area (Å²) in [6, 6.07) is 31.0. The second-order valence-corrected chi connectivity index (χ2v) is 7.00. The number of esters is 1. The molecule has 4 heteroatoms. The van der Waals surface area contributed by atoms with Gasteiger partial charge in [0.2, 0.25) is 0 Å². The zero-order valence-corrected chi connectivity index (χ0v) is 16.9. The third kappa shape index (κ3) is 3.52. The molecule has 0 aliphatic carbocycles. The van der Waals surface area contributed by atoms with Gasteiger partial charge in [0.25, 0.3) is 0 Å². The summed E-state index contributed by atoms with van der Waals surface area (Å²) in [6.45, 7) is 2.16. The number of aromatic nitrogens is 2. The van der Waals surface area contributed by atoms with Crippen LogP contribution >= 0.6 is 0 Å². The van der Waals surface area contributed by atoms with Crippen molar-refractivity contribution >= 4 is 5.97 Å². The highest BCUT2D eigenvalue weighted by Crippen LogP contribution is 2.41. The lowest BCUT2D eigenvalue weighted by atomic mass is 9.76. The van der Waals surface area contributed by atoms with Crippen LogP contribution in [-0.4, -0.2) is 22.1 Å². The first-order chi connectivity index (χ1) is 14.8. The Hall–Kier alpha value is -3.66. The number of rotatable bonds is 7. The van der Waals surface area contributed by atoms with Gasteiger partial charge in [-0.1, -0.05) is 91.0 Å². The summed E-state index contributed by atoms with van der Waals surface area (Å²) in [5, 5.41) is 0. The Bertz CT molecular complexity index is 993. The first kappa shape index (κ1) is 19.6. The van der Waals surface area contributed by atoms with Crippen molar-refractivity contribution in [3.05, 3.63) is 126 Å². The van der Waals surface area contributed by atoms with Crippen molar-refractivity contribution in [2.45, 2.75) is 18.9 Å². The van der Waals surface area contributed by atoms with Crippen molar-refractivity contribution in [1.82, 2.24) is 9.55 Å². The molecule has 1 aromatic heterocycles. The maximum absolute atomic E-state index is 12.3. The number of ether oxygens (including phenoxy) is 1. The summed E-state index contributed by atoms with van der Waals surface area (Å²) in [7, 11) is 0. The van der Waals surface area contributed by atoms with Crippen LogP contribution < -0.4 is 0 Å². The molecule has 0 spiro atoms. The topological polar surface area (TPSA) is 44.1 Å². The van der Waals surface area contributed by atoms with Crippen molar-refractivity contribution in [2.75, 3.05) is 6.61 Å². The Balaban J connectivity index is 2.03. The van der Waals surface area contributed by atoms with Gasteiger partial charge in [-0.25, -0.2) is 4.98 Å². The number of hydrogen-bond donors (Lipinski definition) is 0. The number of hydrogen-bond acceptors (Lipinski definition) is 3. The van der Waals surface area contributed by atoms with E-state index in [1.54, 1.807) is 6.20 Å². The van der Waals surface area contributed by atoms with E-state index in [0.717, 1.165) is 16.7 Å².